The van der Waals surface area contributed by atoms with Gasteiger partial charge in [-0.2, -0.15) is 0 Å². The molecule has 2 aromatic carbocycles. The van der Waals surface area contributed by atoms with E-state index in [0.717, 1.165) is 10.8 Å². The monoisotopic (exact) mass is 413 g/mol. The first-order valence-corrected chi connectivity index (χ1v) is 8.68. The maximum absolute atomic E-state index is 12.1. The fourth-order valence-corrected chi connectivity index (χ4v) is 2.69. The fraction of sp³-hybridized carbons (Fsp3) is 0.105. The number of rotatable bonds is 4. The highest BCUT2D eigenvalue weighted by atomic mass is 79.9. The molecule has 1 heterocycles. The van der Waals surface area contributed by atoms with Crippen LogP contribution < -0.4 is 15.6 Å². The number of benzene rings is 2. The Labute approximate surface area is 158 Å². The zero-order valence-electron chi connectivity index (χ0n) is 13.9. The molecule has 2 N–H and O–H groups in total. The second kappa shape index (κ2) is 7.97. The number of halogens is 1. The Kier molecular flexibility index (Phi) is 5.48. The molecule has 0 spiro atoms. The number of pyridine rings is 1. The van der Waals surface area contributed by atoms with Crippen LogP contribution in [0.4, 0.5) is 0 Å². The predicted octanol–water partition coefficient (Wildman–Crippen LogP) is 3.23. The van der Waals surface area contributed by atoms with Gasteiger partial charge in [0.1, 0.15) is 5.75 Å². The standard InChI is InChI=1S/C19H16BrN3O3/c1-12(26-17-7-6-13-4-2-3-5-14(13)9-17)18(24)22-23-19(25)15-8-16(20)11-21-10-15/h2-12H,1H3,(H,22,24)(H,23,25). The van der Waals surface area contributed by atoms with Crippen LogP contribution in [0.2, 0.25) is 0 Å². The molecule has 0 aliphatic rings. The third-order valence-electron chi connectivity index (χ3n) is 3.67. The lowest BCUT2D eigenvalue weighted by Gasteiger charge is -2.15. The first-order valence-electron chi connectivity index (χ1n) is 7.89. The predicted molar refractivity (Wildman–Crippen MR) is 102 cm³/mol. The van der Waals surface area contributed by atoms with E-state index in [9.17, 15) is 9.59 Å². The summed E-state index contributed by atoms with van der Waals surface area (Å²) in [6.45, 7) is 1.61. The molecular weight excluding hydrogens is 398 g/mol. The number of nitrogens with one attached hydrogen (secondary N) is 2. The summed E-state index contributed by atoms with van der Waals surface area (Å²) in [5, 5.41) is 2.11. The third-order valence-corrected chi connectivity index (χ3v) is 4.10. The normalized spacial score (nSPS) is 11.6. The molecule has 6 nitrogen and oxygen atoms in total. The van der Waals surface area contributed by atoms with Crippen molar-refractivity contribution in [1.29, 1.82) is 0 Å². The van der Waals surface area contributed by atoms with Crippen LogP contribution in [-0.4, -0.2) is 22.9 Å². The quantitative estimate of drug-likeness (QED) is 0.643. The molecule has 3 aromatic rings. The molecule has 0 saturated carbocycles. The Morgan fingerprint density at radius 3 is 2.58 bits per heavy atom. The Bertz CT molecular complexity index is 961. The number of hydrogen-bond donors (Lipinski definition) is 2. The molecule has 1 aromatic heterocycles. The van der Waals surface area contributed by atoms with Crippen molar-refractivity contribution >= 4 is 38.5 Å². The number of ether oxygens (including phenoxy) is 1. The lowest BCUT2D eigenvalue weighted by atomic mass is 10.1. The molecule has 2 amide bonds. The fourth-order valence-electron chi connectivity index (χ4n) is 2.33. The number of aromatic nitrogens is 1. The average molecular weight is 414 g/mol. The minimum atomic E-state index is -0.780. The number of nitrogens with zero attached hydrogens (tertiary/aromatic N) is 1. The Hall–Kier alpha value is -2.93. The summed E-state index contributed by atoms with van der Waals surface area (Å²) < 4.78 is 6.33. The highest BCUT2D eigenvalue weighted by molar-refractivity contribution is 9.10. The van der Waals surface area contributed by atoms with Gasteiger partial charge >= 0.3 is 0 Å². The van der Waals surface area contributed by atoms with Gasteiger partial charge in [-0.15, -0.1) is 0 Å². The Balaban J connectivity index is 1.57. The van der Waals surface area contributed by atoms with E-state index in [1.165, 1.54) is 6.20 Å². The van der Waals surface area contributed by atoms with Crippen LogP contribution in [-0.2, 0) is 4.79 Å². The maximum Gasteiger partial charge on any atom is 0.279 e. The topological polar surface area (TPSA) is 80.3 Å². The molecule has 1 unspecified atom stereocenters. The summed E-state index contributed by atoms with van der Waals surface area (Å²) in [5.74, 6) is -0.353. The van der Waals surface area contributed by atoms with Gasteiger partial charge in [0.2, 0.25) is 0 Å². The SMILES string of the molecule is CC(Oc1ccc2ccccc2c1)C(=O)NNC(=O)c1cncc(Br)c1. The summed E-state index contributed by atoms with van der Waals surface area (Å²) in [4.78, 5) is 28.0. The smallest absolute Gasteiger partial charge is 0.279 e. The Morgan fingerprint density at radius 1 is 1.04 bits per heavy atom. The van der Waals surface area contributed by atoms with E-state index in [1.54, 1.807) is 25.3 Å². The first-order chi connectivity index (χ1) is 12.5. The van der Waals surface area contributed by atoms with Crippen molar-refractivity contribution in [1.82, 2.24) is 15.8 Å². The zero-order valence-corrected chi connectivity index (χ0v) is 15.5. The van der Waals surface area contributed by atoms with Crippen LogP contribution in [0, 0.1) is 0 Å². The largest absolute Gasteiger partial charge is 0.481 e. The second-order valence-corrected chi connectivity index (χ2v) is 6.52. The van der Waals surface area contributed by atoms with E-state index in [2.05, 4.69) is 31.8 Å². The van der Waals surface area contributed by atoms with Crippen molar-refractivity contribution in [3.63, 3.8) is 0 Å². The summed E-state index contributed by atoms with van der Waals surface area (Å²) in [6, 6.07) is 15.1. The summed E-state index contributed by atoms with van der Waals surface area (Å²) in [6.07, 6.45) is 2.19. The van der Waals surface area contributed by atoms with Crippen LogP contribution in [0.3, 0.4) is 0 Å². The first kappa shape index (κ1) is 17.9. The van der Waals surface area contributed by atoms with E-state index < -0.39 is 17.9 Å². The highest BCUT2D eigenvalue weighted by Crippen LogP contribution is 2.21. The molecule has 7 heteroatoms. The minimum absolute atomic E-state index is 0.322. The van der Waals surface area contributed by atoms with Crippen LogP contribution in [0.25, 0.3) is 10.8 Å². The number of hydrogen-bond acceptors (Lipinski definition) is 4. The molecule has 0 aliphatic carbocycles. The third kappa shape index (κ3) is 4.37. The summed E-state index contributed by atoms with van der Waals surface area (Å²) in [7, 11) is 0. The molecule has 0 saturated heterocycles. The van der Waals surface area contributed by atoms with E-state index in [4.69, 9.17) is 4.74 Å². The van der Waals surface area contributed by atoms with Crippen molar-refractivity contribution in [2.45, 2.75) is 13.0 Å². The van der Waals surface area contributed by atoms with Gasteiger partial charge < -0.3 is 4.74 Å². The summed E-state index contributed by atoms with van der Waals surface area (Å²) in [5.41, 5.74) is 5.02. The van der Waals surface area contributed by atoms with Gasteiger partial charge in [0.25, 0.3) is 11.8 Å². The van der Waals surface area contributed by atoms with Crippen LogP contribution in [0.15, 0.2) is 65.4 Å². The van der Waals surface area contributed by atoms with E-state index in [1.807, 2.05) is 36.4 Å². The van der Waals surface area contributed by atoms with Crippen molar-refractivity contribution < 1.29 is 14.3 Å². The molecule has 132 valence electrons. The van der Waals surface area contributed by atoms with Gasteiger partial charge in [0.05, 0.1) is 5.56 Å². The lowest BCUT2D eigenvalue weighted by molar-refractivity contribution is -0.128. The van der Waals surface area contributed by atoms with Crippen LogP contribution in [0.5, 0.6) is 5.75 Å². The maximum atomic E-state index is 12.1. The van der Waals surface area contributed by atoms with Gasteiger partial charge in [-0.25, -0.2) is 0 Å². The van der Waals surface area contributed by atoms with Crippen LogP contribution in [0.1, 0.15) is 17.3 Å². The molecule has 0 bridgehead atoms. The van der Waals surface area contributed by atoms with Gasteiger partial charge in [0, 0.05) is 16.9 Å². The summed E-state index contributed by atoms with van der Waals surface area (Å²) >= 11 is 3.24. The van der Waals surface area contributed by atoms with Gasteiger partial charge in [-0.3, -0.25) is 25.4 Å². The second-order valence-electron chi connectivity index (χ2n) is 5.60. The number of amides is 2. The van der Waals surface area contributed by atoms with Gasteiger partial charge in [-0.1, -0.05) is 30.3 Å². The van der Waals surface area contributed by atoms with Gasteiger partial charge in [0.15, 0.2) is 6.10 Å². The number of hydrazine groups is 1. The Morgan fingerprint density at radius 2 is 1.81 bits per heavy atom. The van der Waals surface area contributed by atoms with E-state index in [-0.39, 0.29) is 0 Å². The highest BCUT2D eigenvalue weighted by Gasteiger charge is 2.16. The zero-order chi connectivity index (χ0) is 18.5. The minimum Gasteiger partial charge on any atom is -0.481 e. The molecule has 3 rings (SSSR count). The van der Waals surface area contributed by atoms with Crippen molar-refractivity contribution in [2.24, 2.45) is 0 Å². The molecule has 1 atom stereocenters. The average Bonchev–Trinajstić information content (AvgIpc) is 2.65. The van der Waals surface area contributed by atoms with Crippen LogP contribution >= 0.6 is 15.9 Å². The molecule has 0 fully saturated rings. The molecule has 0 radical (unpaired) electrons. The molecule has 26 heavy (non-hydrogen) atoms. The van der Waals surface area contributed by atoms with Crippen molar-refractivity contribution in [3.8, 4) is 5.75 Å². The van der Waals surface area contributed by atoms with Crippen molar-refractivity contribution in [2.75, 3.05) is 0 Å². The number of carbonyl (C=O) groups excluding carboxylic acids is 2. The molecular formula is C19H16BrN3O3. The van der Waals surface area contributed by atoms with E-state index in [0.29, 0.717) is 15.8 Å². The van der Waals surface area contributed by atoms with Crippen molar-refractivity contribution in [3.05, 3.63) is 71.0 Å². The molecule has 0 aliphatic heterocycles. The number of fused-ring (bicyclic) bond motifs is 1. The van der Waals surface area contributed by atoms with Gasteiger partial charge in [-0.05, 0) is 51.8 Å². The van der Waals surface area contributed by atoms with E-state index >= 15 is 0 Å². The number of carbonyl (C=O) groups is 2. The lowest BCUT2D eigenvalue weighted by Crippen LogP contribution is -2.47.